The van der Waals surface area contributed by atoms with Crippen LogP contribution in [0.15, 0.2) is 43.0 Å². The number of aromatic nitrogens is 4. The van der Waals surface area contributed by atoms with Crippen molar-refractivity contribution in [3.8, 4) is 0 Å². The molecule has 2 atom stereocenters. The minimum atomic E-state index is -0.0529. The van der Waals surface area contributed by atoms with Gasteiger partial charge < -0.3 is 15.2 Å². The molecule has 2 N–H and O–H groups in total. The Labute approximate surface area is 151 Å². The van der Waals surface area contributed by atoms with E-state index < -0.39 is 0 Å². The highest BCUT2D eigenvalue weighted by molar-refractivity contribution is 5.84. The lowest BCUT2D eigenvalue weighted by Crippen LogP contribution is -2.44. The Morgan fingerprint density at radius 2 is 2.12 bits per heavy atom. The molecule has 0 aliphatic carbocycles. The molecule has 3 heterocycles. The van der Waals surface area contributed by atoms with Crippen LogP contribution in [0, 0.1) is 5.92 Å². The normalized spacial score (nSPS) is 18.7. The molecule has 1 aliphatic rings. The molecule has 2 aromatic heterocycles. The largest absolute Gasteiger partial charge is 0.354 e. The Morgan fingerprint density at radius 3 is 2.96 bits per heavy atom. The van der Waals surface area contributed by atoms with E-state index in [2.05, 4.69) is 30.2 Å². The maximum atomic E-state index is 12.8. The molecule has 0 saturated carbocycles. The molecule has 0 bridgehead atoms. The van der Waals surface area contributed by atoms with Gasteiger partial charge >= 0.3 is 0 Å². The second-order valence-corrected chi connectivity index (χ2v) is 6.72. The van der Waals surface area contributed by atoms with Gasteiger partial charge in [0.05, 0.1) is 18.3 Å². The van der Waals surface area contributed by atoms with Crippen molar-refractivity contribution in [1.29, 1.82) is 0 Å². The number of hydrogen-bond acceptors (Lipinski definition) is 5. The number of piperidine rings is 1. The van der Waals surface area contributed by atoms with E-state index in [0.29, 0.717) is 12.2 Å². The number of aromatic amines is 1. The Kier molecular flexibility index (Phi) is 4.51. The van der Waals surface area contributed by atoms with E-state index in [1.165, 1.54) is 6.33 Å². The number of H-pyrrole nitrogens is 1. The fraction of sp³-hybridized carbons (Fsp3) is 0.368. The number of hydrogen-bond donors (Lipinski definition) is 2. The molecular formula is C19H22N6O. The average Bonchev–Trinajstić information content (AvgIpc) is 3.17. The number of amides is 1. The highest BCUT2D eigenvalue weighted by Gasteiger charge is 2.28. The lowest BCUT2D eigenvalue weighted by Gasteiger charge is -2.33. The summed E-state index contributed by atoms with van der Waals surface area (Å²) in [6, 6.07) is 10.0. The first-order valence-corrected chi connectivity index (χ1v) is 8.96. The lowest BCUT2D eigenvalue weighted by atomic mass is 9.96. The molecule has 1 saturated heterocycles. The predicted octanol–water partition coefficient (Wildman–Crippen LogP) is 2.45. The van der Waals surface area contributed by atoms with Crippen LogP contribution < -0.4 is 10.2 Å². The number of nitrogens with zero attached hydrogens (tertiary/aromatic N) is 4. The molecule has 4 rings (SSSR count). The maximum absolute atomic E-state index is 12.8. The molecule has 3 aromatic rings. The smallest absolute Gasteiger partial charge is 0.225 e. The zero-order valence-corrected chi connectivity index (χ0v) is 14.7. The van der Waals surface area contributed by atoms with Gasteiger partial charge in [-0.1, -0.05) is 30.3 Å². The minimum Gasteiger partial charge on any atom is -0.354 e. The van der Waals surface area contributed by atoms with Crippen molar-refractivity contribution < 1.29 is 4.79 Å². The SMILES string of the molecule is C[C@@H](NC(=O)[C@H]1CCCN(c2ncnc3nc[nH]c23)C1)c1ccccc1. The summed E-state index contributed by atoms with van der Waals surface area (Å²) in [7, 11) is 0. The van der Waals surface area contributed by atoms with Gasteiger partial charge in [0, 0.05) is 13.1 Å². The van der Waals surface area contributed by atoms with Crippen molar-refractivity contribution >= 4 is 22.9 Å². The predicted molar refractivity (Wildman–Crippen MR) is 99.6 cm³/mol. The number of carbonyl (C=O) groups excluding carboxylic acids is 1. The van der Waals surface area contributed by atoms with E-state index in [1.807, 2.05) is 37.3 Å². The molecule has 1 fully saturated rings. The van der Waals surface area contributed by atoms with Crippen LogP contribution in [0.5, 0.6) is 0 Å². The molecule has 1 aliphatic heterocycles. The van der Waals surface area contributed by atoms with Crippen molar-refractivity contribution in [3.05, 3.63) is 48.5 Å². The molecule has 1 amide bonds. The summed E-state index contributed by atoms with van der Waals surface area (Å²) in [6.45, 7) is 3.55. The Bertz CT molecular complexity index is 893. The van der Waals surface area contributed by atoms with Gasteiger partial charge in [0.2, 0.25) is 5.91 Å². The van der Waals surface area contributed by atoms with E-state index in [9.17, 15) is 4.79 Å². The number of imidazole rings is 1. The van der Waals surface area contributed by atoms with Gasteiger partial charge in [-0.15, -0.1) is 0 Å². The van der Waals surface area contributed by atoms with Gasteiger partial charge in [0.25, 0.3) is 0 Å². The molecule has 1 aromatic carbocycles. The summed E-state index contributed by atoms with van der Waals surface area (Å²) >= 11 is 0. The summed E-state index contributed by atoms with van der Waals surface area (Å²) < 4.78 is 0. The number of benzene rings is 1. The zero-order chi connectivity index (χ0) is 17.9. The van der Waals surface area contributed by atoms with Crippen LogP contribution in [0.25, 0.3) is 11.2 Å². The van der Waals surface area contributed by atoms with Crippen LogP contribution in [0.3, 0.4) is 0 Å². The number of anilines is 1. The van der Waals surface area contributed by atoms with Crippen molar-refractivity contribution in [3.63, 3.8) is 0 Å². The van der Waals surface area contributed by atoms with Crippen molar-refractivity contribution in [2.45, 2.75) is 25.8 Å². The van der Waals surface area contributed by atoms with E-state index in [0.717, 1.165) is 36.3 Å². The maximum Gasteiger partial charge on any atom is 0.225 e. The van der Waals surface area contributed by atoms with Crippen LogP contribution in [0.2, 0.25) is 0 Å². The second-order valence-electron chi connectivity index (χ2n) is 6.72. The minimum absolute atomic E-state index is 0.00237. The van der Waals surface area contributed by atoms with Gasteiger partial charge in [0.1, 0.15) is 11.8 Å². The van der Waals surface area contributed by atoms with Gasteiger partial charge in [-0.25, -0.2) is 15.0 Å². The summed E-state index contributed by atoms with van der Waals surface area (Å²) in [4.78, 5) is 30.8. The molecule has 134 valence electrons. The molecule has 0 spiro atoms. The fourth-order valence-electron chi connectivity index (χ4n) is 3.53. The lowest BCUT2D eigenvalue weighted by molar-refractivity contribution is -0.125. The summed E-state index contributed by atoms with van der Waals surface area (Å²) in [5.41, 5.74) is 2.59. The molecular weight excluding hydrogens is 328 g/mol. The van der Waals surface area contributed by atoms with Crippen molar-refractivity contribution in [2.24, 2.45) is 5.92 Å². The van der Waals surface area contributed by atoms with Crippen LogP contribution in [0.4, 0.5) is 5.82 Å². The number of carbonyl (C=O) groups is 1. The van der Waals surface area contributed by atoms with Gasteiger partial charge in [0.15, 0.2) is 11.5 Å². The van der Waals surface area contributed by atoms with E-state index in [4.69, 9.17) is 0 Å². The first kappa shape index (κ1) is 16.5. The quantitative estimate of drug-likeness (QED) is 0.755. The molecule has 26 heavy (non-hydrogen) atoms. The first-order valence-electron chi connectivity index (χ1n) is 8.96. The van der Waals surface area contributed by atoms with E-state index >= 15 is 0 Å². The summed E-state index contributed by atoms with van der Waals surface area (Å²) in [5, 5.41) is 3.15. The first-order chi connectivity index (χ1) is 12.7. The van der Waals surface area contributed by atoms with Crippen LogP contribution >= 0.6 is 0 Å². The van der Waals surface area contributed by atoms with E-state index in [-0.39, 0.29) is 17.9 Å². The van der Waals surface area contributed by atoms with E-state index in [1.54, 1.807) is 6.33 Å². The van der Waals surface area contributed by atoms with Gasteiger partial charge in [-0.3, -0.25) is 4.79 Å². The Morgan fingerprint density at radius 1 is 1.27 bits per heavy atom. The second kappa shape index (κ2) is 7.11. The monoisotopic (exact) mass is 350 g/mol. The number of nitrogens with one attached hydrogen (secondary N) is 2. The topological polar surface area (TPSA) is 86.8 Å². The summed E-state index contributed by atoms with van der Waals surface area (Å²) in [5.74, 6) is 0.866. The third-order valence-electron chi connectivity index (χ3n) is 4.95. The van der Waals surface area contributed by atoms with Crippen molar-refractivity contribution in [1.82, 2.24) is 25.3 Å². The highest BCUT2D eigenvalue weighted by Crippen LogP contribution is 2.26. The Balaban J connectivity index is 1.46. The number of fused-ring (bicyclic) bond motifs is 1. The third kappa shape index (κ3) is 3.24. The molecule has 0 unspecified atom stereocenters. The number of rotatable bonds is 4. The standard InChI is InChI=1S/C19H22N6O/c1-13(14-6-3-2-4-7-14)24-19(26)15-8-5-9-25(10-15)18-16-17(21-11-20-16)22-12-23-18/h2-4,6-7,11-13,15H,5,8-10H2,1H3,(H,24,26)(H,20,21,22,23)/t13-,15+/m1/s1. The zero-order valence-electron chi connectivity index (χ0n) is 14.7. The Hall–Kier alpha value is -2.96. The average molecular weight is 350 g/mol. The third-order valence-corrected chi connectivity index (χ3v) is 4.95. The fourth-order valence-corrected chi connectivity index (χ4v) is 3.53. The highest BCUT2D eigenvalue weighted by atomic mass is 16.2. The van der Waals surface area contributed by atoms with Gasteiger partial charge in [-0.2, -0.15) is 0 Å². The van der Waals surface area contributed by atoms with Crippen LogP contribution in [0.1, 0.15) is 31.4 Å². The van der Waals surface area contributed by atoms with Crippen LogP contribution in [-0.4, -0.2) is 38.9 Å². The molecule has 7 heteroatoms. The van der Waals surface area contributed by atoms with Crippen molar-refractivity contribution in [2.75, 3.05) is 18.0 Å². The molecule has 7 nitrogen and oxygen atoms in total. The van der Waals surface area contributed by atoms with Gasteiger partial charge in [-0.05, 0) is 25.3 Å². The van der Waals surface area contributed by atoms with Crippen LogP contribution in [-0.2, 0) is 4.79 Å². The molecule has 0 radical (unpaired) electrons. The summed E-state index contributed by atoms with van der Waals surface area (Å²) in [6.07, 6.45) is 5.00.